The van der Waals surface area contributed by atoms with Gasteiger partial charge < -0.3 is 9.73 Å². The molecular formula is C16H13N3O. The summed E-state index contributed by atoms with van der Waals surface area (Å²) in [5.74, 6) is 1.58. The molecule has 2 aromatic heterocycles. The standard InChI is InChI=1S/C16H13N3O/c1-11(19-16-7-6-12(9-17)10-18-16)15-8-13-4-2-3-5-14(13)20-15/h2-8,10-11H,1H3,(H,18,19)/t11-/m1/s1. The minimum absolute atomic E-state index is 0.00263. The molecule has 0 bridgehead atoms. The summed E-state index contributed by atoms with van der Waals surface area (Å²) in [7, 11) is 0. The number of furan rings is 1. The molecule has 0 spiro atoms. The van der Waals surface area contributed by atoms with Gasteiger partial charge in [-0.2, -0.15) is 5.26 Å². The average Bonchev–Trinajstić information content (AvgIpc) is 2.92. The number of nitrogens with one attached hydrogen (secondary N) is 1. The van der Waals surface area contributed by atoms with E-state index in [-0.39, 0.29) is 6.04 Å². The number of hydrogen-bond acceptors (Lipinski definition) is 4. The van der Waals surface area contributed by atoms with Gasteiger partial charge in [0.05, 0.1) is 11.6 Å². The van der Waals surface area contributed by atoms with E-state index in [0.717, 1.165) is 22.5 Å². The van der Waals surface area contributed by atoms with Crippen LogP contribution < -0.4 is 5.32 Å². The van der Waals surface area contributed by atoms with Gasteiger partial charge in [0.25, 0.3) is 0 Å². The third kappa shape index (κ3) is 2.34. The van der Waals surface area contributed by atoms with Crippen LogP contribution in [-0.2, 0) is 0 Å². The van der Waals surface area contributed by atoms with Gasteiger partial charge in [-0.25, -0.2) is 4.98 Å². The number of hydrogen-bond donors (Lipinski definition) is 1. The smallest absolute Gasteiger partial charge is 0.134 e. The predicted octanol–water partition coefficient (Wildman–Crippen LogP) is 3.87. The maximum atomic E-state index is 8.74. The van der Waals surface area contributed by atoms with Gasteiger partial charge in [0, 0.05) is 11.6 Å². The summed E-state index contributed by atoms with van der Waals surface area (Å²) >= 11 is 0. The molecule has 0 saturated carbocycles. The van der Waals surface area contributed by atoms with Gasteiger partial charge in [-0.05, 0) is 31.2 Å². The highest BCUT2D eigenvalue weighted by Crippen LogP contribution is 2.25. The fourth-order valence-electron chi connectivity index (χ4n) is 2.05. The van der Waals surface area contributed by atoms with Gasteiger partial charge in [-0.15, -0.1) is 0 Å². The molecule has 2 heterocycles. The van der Waals surface area contributed by atoms with E-state index in [1.165, 1.54) is 0 Å². The molecule has 0 unspecified atom stereocenters. The van der Waals surface area contributed by atoms with Crippen LogP contribution in [0.4, 0.5) is 5.82 Å². The Morgan fingerprint density at radius 2 is 2.10 bits per heavy atom. The molecule has 1 aromatic carbocycles. The van der Waals surface area contributed by atoms with Gasteiger partial charge in [-0.1, -0.05) is 18.2 Å². The zero-order valence-corrected chi connectivity index (χ0v) is 11.0. The zero-order chi connectivity index (χ0) is 13.9. The Kier molecular flexibility index (Phi) is 3.10. The van der Waals surface area contributed by atoms with Crippen LogP contribution in [0.25, 0.3) is 11.0 Å². The van der Waals surface area contributed by atoms with Crippen LogP contribution in [0.1, 0.15) is 24.3 Å². The molecule has 98 valence electrons. The second kappa shape index (κ2) is 5.06. The Bertz CT molecular complexity index is 735. The maximum absolute atomic E-state index is 8.74. The normalized spacial score (nSPS) is 12.0. The zero-order valence-electron chi connectivity index (χ0n) is 11.0. The number of aromatic nitrogens is 1. The Morgan fingerprint density at radius 1 is 1.25 bits per heavy atom. The molecule has 1 atom stereocenters. The summed E-state index contributed by atoms with van der Waals surface area (Å²) in [5, 5.41) is 13.1. The Balaban J connectivity index is 1.81. The molecule has 0 radical (unpaired) electrons. The van der Waals surface area contributed by atoms with Gasteiger partial charge in [0.15, 0.2) is 0 Å². The quantitative estimate of drug-likeness (QED) is 0.779. The number of pyridine rings is 1. The maximum Gasteiger partial charge on any atom is 0.134 e. The van der Waals surface area contributed by atoms with Gasteiger partial charge >= 0.3 is 0 Å². The molecule has 4 heteroatoms. The monoisotopic (exact) mass is 263 g/mol. The number of para-hydroxylation sites is 1. The van der Waals surface area contributed by atoms with E-state index in [4.69, 9.17) is 9.68 Å². The van der Waals surface area contributed by atoms with Crippen molar-refractivity contribution in [3.8, 4) is 6.07 Å². The number of anilines is 1. The molecular weight excluding hydrogens is 250 g/mol. The van der Waals surface area contributed by atoms with E-state index in [9.17, 15) is 0 Å². The van der Waals surface area contributed by atoms with Crippen molar-refractivity contribution in [2.45, 2.75) is 13.0 Å². The number of nitrogens with zero attached hydrogens (tertiary/aromatic N) is 2. The summed E-state index contributed by atoms with van der Waals surface area (Å²) in [6, 6.07) is 15.5. The molecule has 0 amide bonds. The largest absolute Gasteiger partial charge is 0.459 e. The molecule has 20 heavy (non-hydrogen) atoms. The summed E-state index contributed by atoms with van der Waals surface area (Å²) in [4.78, 5) is 4.19. The van der Waals surface area contributed by atoms with Crippen LogP contribution in [-0.4, -0.2) is 4.98 Å². The Hall–Kier alpha value is -2.80. The first-order chi connectivity index (χ1) is 9.76. The van der Waals surface area contributed by atoms with Gasteiger partial charge in [0.1, 0.15) is 23.2 Å². The number of rotatable bonds is 3. The van der Waals surface area contributed by atoms with Crippen LogP contribution in [0.3, 0.4) is 0 Å². The lowest BCUT2D eigenvalue weighted by molar-refractivity contribution is 0.525. The number of nitriles is 1. The first kappa shape index (κ1) is 12.2. The minimum Gasteiger partial charge on any atom is -0.459 e. The molecule has 4 nitrogen and oxygen atoms in total. The molecule has 0 aliphatic rings. The minimum atomic E-state index is 0.00263. The van der Waals surface area contributed by atoms with E-state index in [0.29, 0.717) is 5.56 Å². The van der Waals surface area contributed by atoms with Gasteiger partial charge in [-0.3, -0.25) is 0 Å². The third-order valence-electron chi connectivity index (χ3n) is 3.13. The summed E-state index contributed by atoms with van der Waals surface area (Å²) < 4.78 is 5.80. The molecule has 3 aromatic rings. The highest BCUT2D eigenvalue weighted by atomic mass is 16.3. The number of fused-ring (bicyclic) bond motifs is 1. The first-order valence-electron chi connectivity index (χ1n) is 6.37. The molecule has 1 N–H and O–H groups in total. The van der Waals surface area contributed by atoms with Crippen molar-refractivity contribution in [3.63, 3.8) is 0 Å². The fourth-order valence-corrected chi connectivity index (χ4v) is 2.05. The predicted molar refractivity (Wildman–Crippen MR) is 77.2 cm³/mol. The summed E-state index contributed by atoms with van der Waals surface area (Å²) in [6.45, 7) is 2.01. The van der Waals surface area contributed by atoms with E-state index >= 15 is 0 Å². The highest BCUT2D eigenvalue weighted by molar-refractivity contribution is 5.77. The molecule has 0 saturated heterocycles. The lowest BCUT2D eigenvalue weighted by Crippen LogP contribution is -2.06. The van der Waals surface area contributed by atoms with Crippen molar-refractivity contribution in [1.29, 1.82) is 5.26 Å². The van der Waals surface area contributed by atoms with Crippen molar-refractivity contribution >= 4 is 16.8 Å². The lowest BCUT2D eigenvalue weighted by Gasteiger charge is -2.11. The summed E-state index contributed by atoms with van der Waals surface area (Å²) in [6.07, 6.45) is 1.55. The fraction of sp³-hybridized carbons (Fsp3) is 0.125. The molecule has 0 aliphatic carbocycles. The summed E-state index contributed by atoms with van der Waals surface area (Å²) in [5.41, 5.74) is 1.43. The van der Waals surface area contributed by atoms with Crippen LogP contribution in [0, 0.1) is 11.3 Å². The highest BCUT2D eigenvalue weighted by Gasteiger charge is 2.11. The van der Waals surface area contributed by atoms with Crippen molar-refractivity contribution in [2.24, 2.45) is 0 Å². The topological polar surface area (TPSA) is 61.9 Å². The second-order valence-electron chi connectivity index (χ2n) is 4.60. The third-order valence-corrected chi connectivity index (χ3v) is 3.13. The van der Waals surface area contributed by atoms with E-state index in [1.807, 2.05) is 43.3 Å². The Morgan fingerprint density at radius 3 is 2.80 bits per heavy atom. The lowest BCUT2D eigenvalue weighted by atomic mass is 10.2. The Labute approximate surface area is 116 Å². The SMILES string of the molecule is C[C@@H](Nc1ccc(C#N)cn1)c1cc2ccccc2o1. The van der Waals surface area contributed by atoms with Crippen LogP contribution >= 0.6 is 0 Å². The second-order valence-corrected chi connectivity index (χ2v) is 4.60. The van der Waals surface area contributed by atoms with E-state index < -0.39 is 0 Å². The molecule has 0 fully saturated rings. The van der Waals surface area contributed by atoms with Gasteiger partial charge in [0.2, 0.25) is 0 Å². The average molecular weight is 263 g/mol. The molecule has 3 rings (SSSR count). The van der Waals surface area contributed by atoms with Crippen LogP contribution in [0.15, 0.2) is 53.1 Å². The van der Waals surface area contributed by atoms with Crippen LogP contribution in [0.2, 0.25) is 0 Å². The van der Waals surface area contributed by atoms with E-state index in [1.54, 1.807) is 18.3 Å². The van der Waals surface area contributed by atoms with Crippen LogP contribution in [0.5, 0.6) is 0 Å². The first-order valence-corrected chi connectivity index (χ1v) is 6.37. The van der Waals surface area contributed by atoms with Crippen molar-refractivity contribution in [1.82, 2.24) is 4.98 Å². The van der Waals surface area contributed by atoms with Crippen molar-refractivity contribution in [2.75, 3.05) is 5.32 Å². The van der Waals surface area contributed by atoms with E-state index in [2.05, 4.69) is 10.3 Å². The number of benzene rings is 1. The van der Waals surface area contributed by atoms with Crippen molar-refractivity contribution < 1.29 is 4.42 Å². The molecule has 0 aliphatic heterocycles. The van der Waals surface area contributed by atoms with Crippen molar-refractivity contribution in [3.05, 3.63) is 60.0 Å².